The van der Waals surface area contributed by atoms with Crippen molar-refractivity contribution in [3.8, 4) is 0 Å². The number of rotatable bonds is 2. The molecule has 2 nitrogen and oxygen atoms in total. The van der Waals surface area contributed by atoms with Crippen molar-refractivity contribution in [2.24, 2.45) is 0 Å². The summed E-state index contributed by atoms with van der Waals surface area (Å²) in [4.78, 5) is 0. The molecule has 0 aromatic heterocycles. The second-order valence-corrected chi connectivity index (χ2v) is 8.88. The van der Waals surface area contributed by atoms with E-state index in [1.807, 2.05) is 24.3 Å². The molecular weight excluding hydrogens is 454 g/mol. The number of thiocarbonyl (C=S) groups is 1. The van der Waals surface area contributed by atoms with Gasteiger partial charge in [-0.05, 0) is 84.1 Å². The highest BCUT2D eigenvalue weighted by Crippen LogP contribution is 2.41. The van der Waals surface area contributed by atoms with E-state index in [2.05, 4.69) is 16.7 Å². The lowest BCUT2D eigenvalue weighted by Gasteiger charge is -2.36. The van der Waals surface area contributed by atoms with E-state index in [9.17, 15) is 0 Å². The Balaban J connectivity index is 1.80. The molecule has 1 aliphatic carbocycles. The van der Waals surface area contributed by atoms with Crippen LogP contribution in [0.5, 0.6) is 0 Å². The van der Waals surface area contributed by atoms with E-state index in [1.165, 1.54) is 11.1 Å². The zero-order valence-electron chi connectivity index (χ0n) is 14.7. The van der Waals surface area contributed by atoms with Crippen LogP contribution in [0.4, 0.5) is 0 Å². The molecule has 1 heterocycles. The average Bonchev–Trinajstić information content (AvgIpc) is 2.64. The van der Waals surface area contributed by atoms with Gasteiger partial charge in [0.05, 0.1) is 6.04 Å². The lowest BCUT2D eigenvalue weighted by molar-refractivity contribution is 0.609. The molecular formula is C21H16Cl4N2S. The lowest BCUT2D eigenvalue weighted by atomic mass is 9.83. The summed E-state index contributed by atoms with van der Waals surface area (Å²) in [7, 11) is 0. The molecule has 2 aliphatic rings. The molecule has 0 saturated carbocycles. The van der Waals surface area contributed by atoms with Crippen molar-refractivity contribution in [3.63, 3.8) is 0 Å². The van der Waals surface area contributed by atoms with Gasteiger partial charge in [-0.2, -0.15) is 0 Å². The summed E-state index contributed by atoms with van der Waals surface area (Å²) < 4.78 is 0. The minimum Gasteiger partial charge on any atom is -0.352 e. The number of halogens is 4. The Kier molecular flexibility index (Phi) is 5.91. The fourth-order valence-corrected chi connectivity index (χ4v) is 4.89. The maximum atomic E-state index is 6.49. The Bertz CT molecular complexity index is 1030. The minimum absolute atomic E-state index is 0.0853. The summed E-state index contributed by atoms with van der Waals surface area (Å²) in [6.45, 7) is 0. The highest BCUT2D eigenvalue weighted by molar-refractivity contribution is 7.80. The van der Waals surface area contributed by atoms with E-state index < -0.39 is 0 Å². The van der Waals surface area contributed by atoms with E-state index in [-0.39, 0.29) is 6.04 Å². The number of allylic oxidation sites excluding steroid dienone is 1. The second kappa shape index (κ2) is 8.25. The number of benzene rings is 2. The molecule has 28 heavy (non-hydrogen) atoms. The third kappa shape index (κ3) is 4.05. The van der Waals surface area contributed by atoms with Crippen LogP contribution in [0.1, 0.15) is 36.4 Å². The van der Waals surface area contributed by atoms with E-state index in [4.69, 9.17) is 58.6 Å². The van der Waals surface area contributed by atoms with Gasteiger partial charge in [0.15, 0.2) is 5.11 Å². The molecule has 4 rings (SSSR count). The third-order valence-corrected chi connectivity index (χ3v) is 6.31. The summed E-state index contributed by atoms with van der Waals surface area (Å²) in [6, 6.07) is 11.0. The smallest absolute Gasteiger partial charge is 0.171 e. The van der Waals surface area contributed by atoms with Gasteiger partial charge in [0.25, 0.3) is 0 Å². The van der Waals surface area contributed by atoms with Crippen LogP contribution < -0.4 is 10.6 Å². The standard InChI is InChI=1S/C21H16Cl4N2S/c22-13-5-4-11(17(24)9-13)8-12-2-1-3-16-19(12)26-21(28)27-20(16)15-7-6-14(23)10-18(15)25/h4-10,20H,1-3H2,(H2,26,27,28)/b12-8+. The highest BCUT2D eigenvalue weighted by Gasteiger charge is 2.31. The molecule has 2 aromatic rings. The molecule has 7 heteroatoms. The van der Waals surface area contributed by atoms with Crippen LogP contribution in [0.15, 0.2) is 53.2 Å². The quantitative estimate of drug-likeness (QED) is 0.449. The number of hydrogen-bond acceptors (Lipinski definition) is 1. The first-order valence-corrected chi connectivity index (χ1v) is 10.8. The van der Waals surface area contributed by atoms with Crippen molar-refractivity contribution in [3.05, 3.63) is 84.5 Å². The van der Waals surface area contributed by atoms with Crippen LogP contribution in [-0.4, -0.2) is 5.11 Å². The summed E-state index contributed by atoms with van der Waals surface area (Å²) in [5.74, 6) is 0. The number of hydrogen-bond donors (Lipinski definition) is 2. The average molecular weight is 470 g/mol. The third-order valence-electron chi connectivity index (χ3n) is 4.96. The number of nitrogens with one attached hydrogen (secondary N) is 2. The van der Waals surface area contributed by atoms with Gasteiger partial charge in [0.1, 0.15) is 0 Å². The summed E-state index contributed by atoms with van der Waals surface area (Å²) in [6.07, 6.45) is 5.03. The Labute approximate surface area is 189 Å². The summed E-state index contributed by atoms with van der Waals surface area (Å²) in [5, 5.41) is 9.76. The molecule has 1 unspecified atom stereocenters. The fraction of sp³-hybridized carbons (Fsp3) is 0.190. The lowest BCUT2D eigenvalue weighted by Crippen LogP contribution is -2.45. The van der Waals surface area contributed by atoms with Gasteiger partial charge in [-0.15, -0.1) is 0 Å². The van der Waals surface area contributed by atoms with Crippen LogP contribution in [-0.2, 0) is 0 Å². The van der Waals surface area contributed by atoms with E-state index in [0.717, 1.165) is 36.1 Å². The fourth-order valence-electron chi connectivity index (χ4n) is 3.69. The first kappa shape index (κ1) is 20.1. The zero-order valence-corrected chi connectivity index (χ0v) is 18.5. The van der Waals surface area contributed by atoms with Crippen LogP contribution in [0.25, 0.3) is 6.08 Å². The van der Waals surface area contributed by atoms with Gasteiger partial charge in [0, 0.05) is 25.8 Å². The Morgan fingerprint density at radius 2 is 1.64 bits per heavy atom. The van der Waals surface area contributed by atoms with E-state index in [0.29, 0.717) is 25.2 Å². The van der Waals surface area contributed by atoms with Gasteiger partial charge >= 0.3 is 0 Å². The van der Waals surface area contributed by atoms with Crippen molar-refractivity contribution >= 4 is 69.8 Å². The highest BCUT2D eigenvalue weighted by atomic mass is 35.5. The second-order valence-electron chi connectivity index (χ2n) is 6.79. The molecule has 0 bridgehead atoms. The summed E-state index contributed by atoms with van der Waals surface area (Å²) in [5.41, 5.74) is 5.36. The SMILES string of the molecule is S=C1NC2=C(CCC/C2=C\c2ccc(Cl)cc2Cl)C(c2ccc(Cl)cc2Cl)N1. The zero-order chi connectivity index (χ0) is 19.8. The molecule has 0 radical (unpaired) electrons. The predicted octanol–water partition coefficient (Wildman–Crippen LogP) is 7.34. The Hall–Kier alpha value is -1.23. The molecule has 0 fully saturated rings. The summed E-state index contributed by atoms with van der Waals surface area (Å²) >= 11 is 30.5. The molecule has 0 spiro atoms. The first-order valence-electron chi connectivity index (χ1n) is 8.84. The molecule has 2 N–H and O–H groups in total. The maximum Gasteiger partial charge on any atom is 0.171 e. The maximum absolute atomic E-state index is 6.49. The largest absolute Gasteiger partial charge is 0.352 e. The van der Waals surface area contributed by atoms with E-state index >= 15 is 0 Å². The van der Waals surface area contributed by atoms with Crippen molar-refractivity contribution < 1.29 is 0 Å². The Morgan fingerprint density at radius 3 is 2.36 bits per heavy atom. The molecule has 1 atom stereocenters. The van der Waals surface area contributed by atoms with Gasteiger partial charge in [-0.1, -0.05) is 58.5 Å². The van der Waals surface area contributed by atoms with Crippen LogP contribution in [0, 0.1) is 0 Å². The molecule has 0 saturated heterocycles. The molecule has 144 valence electrons. The van der Waals surface area contributed by atoms with Crippen LogP contribution in [0.2, 0.25) is 20.1 Å². The molecule has 2 aromatic carbocycles. The first-order chi connectivity index (χ1) is 13.4. The van der Waals surface area contributed by atoms with Gasteiger partial charge < -0.3 is 10.6 Å². The van der Waals surface area contributed by atoms with Gasteiger partial charge in [0.2, 0.25) is 0 Å². The molecule has 0 amide bonds. The Morgan fingerprint density at radius 1 is 0.929 bits per heavy atom. The molecule has 1 aliphatic heterocycles. The van der Waals surface area contributed by atoms with Crippen molar-refractivity contribution in [2.45, 2.75) is 25.3 Å². The van der Waals surface area contributed by atoms with Gasteiger partial charge in [-0.3, -0.25) is 0 Å². The van der Waals surface area contributed by atoms with Crippen molar-refractivity contribution in [2.75, 3.05) is 0 Å². The normalized spacial score (nSPS) is 20.6. The monoisotopic (exact) mass is 468 g/mol. The van der Waals surface area contributed by atoms with Crippen molar-refractivity contribution in [1.29, 1.82) is 0 Å². The van der Waals surface area contributed by atoms with Crippen LogP contribution in [0.3, 0.4) is 0 Å². The van der Waals surface area contributed by atoms with Crippen LogP contribution >= 0.6 is 58.6 Å². The topological polar surface area (TPSA) is 24.1 Å². The van der Waals surface area contributed by atoms with Crippen molar-refractivity contribution in [1.82, 2.24) is 10.6 Å². The minimum atomic E-state index is -0.0853. The van der Waals surface area contributed by atoms with Gasteiger partial charge in [-0.25, -0.2) is 0 Å². The van der Waals surface area contributed by atoms with E-state index in [1.54, 1.807) is 12.1 Å². The predicted molar refractivity (Wildman–Crippen MR) is 123 cm³/mol.